The van der Waals surface area contributed by atoms with Crippen LogP contribution in [0, 0.1) is 0 Å². The molecule has 2 nitrogen and oxygen atoms in total. The molecule has 0 amide bonds. The Kier molecular flexibility index (Phi) is 6.28. The van der Waals surface area contributed by atoms with E-state index in [4.69, 9.17) is 23.2 Å². The van der Waals surface area contributed by atoms with Crippen molar-refractivity contribution < 1.29 is 0 Å². The van der Waals surface area contributed by atoms with Crippen LogP contribution < -0.4 is 5.32 Å². The van der Waals surface area contributed by atoms with Gasteiger partial charge in [0.05, 0.1) is 0 Å². The Labute approximate surface area is 114 Å². The minimum Gasteiger partial charge on any atom is -0.310 e. The Bertz CT molecular complexity index is 353. The lowest BCUT2D eigenvalue weighted by molar-refractivity contribution is 0.363. The van der Waals surface area contributed by atoms with Gasteiger partial charge in [0.2, 0.25) is 0 Å². The fraction of sp³-hybridized carbons (Fsp3) is 0.538. The summed E-state index contributed by atoms with van der Waals surface area (Å²) in [6, 6.07) is 5.99. The van der Waals surface area contributed by atoms with Gasteiger partial charge in [-0.1, -0.05) is 36.2 Å². The number of nitrogens with one attached hydrogen (secondary N) is 1. The van der Waals surface area contributed by atoms with Gasteiger partial charge in [-0.3, -0.25) is 0 Å². The van der Waals surface area contributed by atoms with Crippen LogP contribution >= 0.6 is 23.2 Å². The largest absolute Gasteiger partial charge is 0.310 e. The monoisotopic (exact) mass is 274 g/mol. The third-order valence-electron chi connectivity index (χ3n) is 2.65. The normalized spacial score (nSPS) is 13.1. The van der Waals surface area contributed by atoms with Crippen LogP contribution in [0.4, 0.5) is 0 Å². The van der Waals surface area contributed by atoms with Crippen LogP contribution in [0.5, 0.6) is 0 Å². The van der Waals surface area contributed by atoms with Gasteiger partial charge in [0.1, 0.15) is 0 Å². The summed E-state index contributed by atoms with van der Waals surface area (Å²) in [6.07, 6.45) is 1.03. The highest BCUT2D eigenvalue weighted by Crippen LogP contribution is 2.28. The van der Waals surface area contributed by atoms with E-state index in [-0.39, 0.29) is 6.04 Å². The molecule has 1 rings (SSSR count). The molecule has 0 bridgehead atoms. The molecule has 1 aromatic carbocycles. The first kappa shape index (κ1) is 14.8. The third-order valence-corrected chi connectivity index (χ3v) is 3.22. The van der Waals surface area contributed by atoms with Gasteiger partial charge in [0.25, 0.3) is 0 Å². The molecule has 4 heteroatoms. The van der Waals surface area contributed by atoms with Crippen LogP contribution in [0.25, 0.3) is 0 Å². The average Bonchev–Trinajstić information content (AvgIpc) is 2.24. The molecule has 0 aliphatic heterocycles. The van der Waals surface area contributed by atoms with Gasteiger partial charge in [-0.2, -0.15) is 0 Å². The molecule has 0 aliphatic rings. The molecule has 0 radical (unpaired) electrons. The van der Waals surface area contributed by atoms with E-state index in [2.05, 4.69) is 31.2 Å². The highest BCUT2D eigenvalue weighted by atomic mass is 35.5. The van der Waals surface area contributed by atoms with Gasteiger partial charge in [-0.25, -0.2) is 0 Å². The van der Waals surface area contributed by atoms with Gasteiger partial charge in [-0.15, -0.1) is 0 Å². The Morgan fingerprint density at radius 2 is 2.00 bits per heavy atom. The van der Waals surface area contributed by atoms with Crippen LogP contribution in [-0.4, -0.2) is 32.1 Å². The van der Waals surface area contributed by atoms with Crippen molar-refractivity contribution in [3.05, 3.63) is 33.8 Å². The quantitative estimate of drug-likeness (QED) is 0.853. The molecule has 0 heterocycles. The highest BCUT2D eigenvalue weighted by Gasteiger charge is 2.14. The van der Waals surface area contributed by atoms with E-state index in [1.807, 2.05) is 12.1 Å². The summed E-state index contributed by atoms with van der Waals surface area (Å²) in [6.45, 7) is 4.06. The molecule has 0 saturated heterocycles. The van der Waals surface area contributed by atoms with Gasteiger partial charge >= 0.3 is 0 Å². The molecule has 0 spiro atoms. The van der Waals surface area contributed by atoms with Crippen LogP contribution in [-0.2, 0) is 0 Å². The lowest BCUT2D eigenvalue weighted by atomic mass is 10.0. The number of hydrogen-bond acceptors (Lipinski definition) is 2. The zero-order chi connectivity index (χ0) is 12.8. The summed E-state index contributed by atoms with van der Waals surface area (Å²) in [4.78, 5) is 2.17. The Balaban J connectivity index is 2.81. The molecule has 1 unspecified atom stereocenters. The summed E-state index contributed by atoms with van der Waals surface area (Å²) in [5.41, 5.74) is 1.12. The van der Waals surface area contributed by atoms with E-state index in [1.54, 1.807) is 6.07 Å². The fourth-order valence-electron chi connectivity index (χ4n) is 1.79. The Hall–Kier alpha value is -0.280. The lowest BCUT2D eigenvalue weighted by Gasteiger charge is -2.21. The van der Waals surface area contributed by atoms with E-state index in [1.165, 1.54) is 0 Å². The predicted molar refractivity (Wildman–Crippen MR) is 76.1 cm³/mol. The summed E-state index contributed by atoms with van der Waals surface area (Å²) >= 11 is 12.2. The molecule has 0 fully saturated rings. The lowest BCUT2D eigenvalue weighted by Crippen LogP contribution is -2.25. The second kappa shape index (κ2) is 7.22. The number of nitrogens with zero attached hydrogens (tertiary/aromatic N) is 1. The Morgan fingerprint density at radius 1 is 1.29 bits per heavy atom. The van der Waals surface area contributed by atoms with Gasteiger partial charge in [0, 0.05) is 16.1 Å². The maximum atomic E-state index is 6.24. The van der Waals surface area contributed by atoms with E-state index < -0.39 is 0 Å². The number of hydrogen-bond donors (Lipinski definition) is 1. The van der Waals surface area contributed by atoms with Gasteiger partial charge in [0.15, 0.2) is 0 Å². The van der Waals surface area contributed by atoms with Crippen LogP contribution in [0.15, 0.2) is 18.2 Å². The topological polar surface area (TPSA) is 15.3 Å². The standard InChI is InChI=1S/C13H20Cl2N2/c1-4-16-13(7-8-17(2)3)11-6-5-10(14)9-12(11)15/h5-6,9,13,16H,4,7-8H2,1-3H3. The maximum absolute atomic E-state index is 6.24. The summed E-state index contributed by atoms with van der Waals surface area (Å²) < 4.78 is 0. The van der Waals surface area contributed by atoms with Crippen LogP contribution in [0.1, 0.15) is 24.9 Å². The smallest absolute Gasteiger partial charge is 0.0468 e. The molecule has 1 aromatic rings. The second-order valence-electron chi connectivity index (χ2n) is 4.37. The third kappa shape index (κ3) is 4.84. The average molecular weight is 275 g/mol. The highest BCUT2D eigenvalue weighted by molar-refractivity contribution is 6.35. The second-order valence-corrected chi connectivity index (χ2v) is 5.21. The van der Waals surface area contributed by atoms with Crippen LogP contribution in [0.2, 0.25) is 10.0 Å². The maximum Gasteiger partial charge on any atom is 0.0468 e. The molecule has 0 aliphatic carbocycles. The zero-order valence-electron chi connectivity index (χ0n) is 10.6. The van der Waals surface area contributed by atoms with Gasteiger partial charge < -0.3 is 10.2 Å². The molecular formula is C13H20Cl2N2. The summed E-state index contributed by atoms with van der Waals surface area (Å²) in [7, 11) is 4.15. The molecule has 0 aromatic heterocycles. The van der Waals surface area contributed by atoms with Crippen molar-refractivity contribution in [1.29, 1.82) is 0 Å². The molecular weight excluding hydrogens is 255 g/mol. The summed E-state index contributed by atoms with van der Waals surface area (Å²) in [5.74, 6) is 0. The van der Waals surface area contributed by atoms with Crippen LogP contribution in [0.3, 0.4) is 0 Å². The molecule has 1 atom stereocenters. The Morgan fingerprint density at radius 3 is 2.53 bits per heavy atom. The van der Waals surface area contributed by atoms with E-state index in [9.17, 15) is 0 Å². The molecule has 0 saturated carbocycles. The van der Waals surface area contributed by atoms with Crippen molar-refractivity contribution in [3.63, 3.8) is 0 Å². The van der Waals surface area contributed by atoms with E-state index in [0.29, 0.717) is 5.02 Å². The minimum atomic E-state index is 0.284. The SMILES string of the molecule is CCNC(CCN(C)C)c1ccc(Cl)cc1Cl. The van der Waals surface area contributed by atoms with E-state index in [0.717, 1.165) is 30.1 Å². The van der Waals surface area contributed by atoms with Gasteiger partial charge in [-0.05, 0) is 51.3 Å². The molecule has 96 valence electrons. The van der Waals surface area contributed by atoms with Crippen molar-refractivity contribution in [2.75, 3.05) is 27.2 Å². The van der Waals surface area contributed by atoms with Crippen molar-refractivity contribution in [1.82, 2.24) is 10.2 Å². The first-order valence-electron chi connectivity index (χ1n) is 5.87. The van der Waals surface area contributed by atoms with Crippen molar-refractivity contribution in [3.8, 4) is 0 Å². The molecule has 17 heavy (non-hydrogen) atoms. The van der Waals surface area contributed by atoms with Crippen molar-refractivity contribution in [2.45, 2.75) is 19.4 Å². The van der Waals surface area contributed by atoms with Crippen molar-refractivity contribution in [2.24, 2.45) is 0 Å². The zero-order valence-corrected chi connectivity index (χ0v) is 12.1. The van der Waals surface area contributed by atoms with E-state index >= 15 is 0 Å². The first-order valence-corrected chi connectivity index (χ1v) is 6.63. The molecule has 1 N–H and O–H groups in total. The summed E-state index contributed by atoms with van der Waals surface area (Å²) in [5, 5.41) is 4.88. The predicted octanol–water partition coefficient (Wildman–Crippen LogP) is 3.60. The minimum absolute atomic E-state index is 0.284. The number of halogens is 2. The van der Waals surface area contributed by atoms with Crippen molar-refractivity contribution >= 4 is 23.2 Å². The number of rotatable bonds is 6. The first-order chi connectivity index (χ1) is 8.04. The number of benzene rings is 1. The fourth-order valence-corrected chi connectivity index (χ4v) is 2.33.